The van der Waals surface area contributed by atoms with E-state index in [0.29, 0.717) is 0 Å². The highest BCUT2D eigenvalue weighted by Gasteiger charge is 2.35. The molecule has 0 N–H and O–H groups in total. The minimum Gasteiger partial charge on any atom is -0.456 e. The molecule has 0 saturated heterocycles. The smallest absolute Gasteiger partial charge is 0.136 e. The molecule has 9 rings (SSSR count). The van der Waals surface area contributed by atoms with E-state index in [-0.39, 0.29) is 5.41 Å². The van der Waals surface area contributed by atoms with Crippen molar-refractivity contribution in [1.82, 2.24) is 4.98 Å². The van der Waals surface area contributed by atoms with Gasteiger partial charge in [-0.05, 0) is 80.9 Å². The van der Waals surface area contributed by atoms with Crippen LogP contribution in [0.3, 0.4) is 0 Å². The van der Waals surface area contributed by atoms with Crippen LogP contribution in [-0.4, -0.2) is 4.98 Å². The van der Waals surface area contributed by atoms with Gasteiger partial charge in [0.2, 0.25) is 0 Å². The molecule has 2 heterocycles. The van der Waals surface area contributed by atoms with Crippen LogP contribution in [0.5, 0.6) is 0 Å². The zero-order valence-electron chi connectivity index (χ0n) is 24.6. The first-order chi connectivity index (χ1) is 21.6. The van der Waals surface area contributed by atoms with Crippen LogP contribution in [0.4, 0.5) is 0 Å². The van der Waals surface area contributed by atoms with Gasteiger partial charge in [-0.1, -0.05) is 117 Å². The van der Waals surface area contributed by atoms with Gasteiger partial charge in [0, 0.05) is 27.1 Å². The Kier molecular flexibility index (Phi) is 5.28. The number of hydrogen-bond donors (Lipinski definition) is 0. The second-order valence-electron chi connectivity index (χ2n) is 12.4. The van der Waals surface area contributed by atoms with Crippen molar-refractivity contribution < 1.29 is 4.42 Å². The second-order valence-corrected chi connectivity index (χ2v) is 12.4. The Bertz CT molecular complexity index is 2410. The molecule has 0 spiro atoms. The van der Waals surface area contributed by atoms with Gasteiger partial charge >= 0.3 is 0 Å². The lowest BCUT2D eigenvalue weighted by atomic mass is 9.81. The third kappa shape index (κ3) is 3.64. The van der Waals surface area contributed by atoms with Crippen molar-refractivity contribution in [3.63, 3.8) is 0 Å². The van der Waals surface area contributed by atoms with Crippen LogP contribution in [-0.2, 0) is 5.41 Å². The van der Waals surface area contributed by atoms with Gasteiger partial charge in [-0.15, -0.1) is 0 Å². The van der Waals surface area contributed by atoms with E-state index in [9.17, 15) is 0 Å². The minimum absolute atomic E-state index is 0.0817. The first-order valence-electron chi connectivity index (χ1n) is 15.2. The van der Waals surface area contributed by atoms with E-state index < -0.39 is 0 Å². The van der Waals surface area contributed by atoms with Gasteiger partial charge in [0.05, 0.1) is 11.2 Å². The maximum absolute atomic E-state index is 6.54. The number of para-hydroxylation sites is 2. The van der Waals surface area contributed by atoms with Gasteiger partial charge in [0.15, 0.2) is 0 Å². The van der Waals surface area contributed by atoms with E-state index in [1.54, 1.807) is 0 Å². The van der Waals surface area contributed by atoms with Crippen LogP contribution in [0.1, 0.15) is 25.0 Å². The predicted octanol–water partition coefficient (Wildman–Crippen LogP) is 11.4. The summed E-state index contributed by atoms with van der Waals surface area (Å²) in [5.74, 6) is 0. The summed E-state index contributed by atoms with van der Waals surface area (Å²) in [6, 6.07) is 49.9. The van der Waals surface area contributed by atoms with Gasteiger partial charge in [0.1, 0.15) is 11.2 Å². The third-order valence-electron chi connectivity index (χ3n) is 9.47. The molecule has 2 aromatic heterocycles. The molecule has 1 aliphatic rings. The van der Waals surface area contributed by atoms with Crippen LogP contribution in [0, 0.1) is 0 Å². The minimum atomic E-state index is -0.0817. The summed E-state index contributed by atoms with van der Waals surface area (Å²) in [5.41, 5.74) is 14.7. The topological polar surface area (TPSA) is 26.0 Å². The van der Waals surface area contributed by atoms with Crippen molar-refractivity contribution in [3.8, 4) is 44.6 Å². The molecule has 2 heteroatoms. The molecule has 0 atom stereocenters. The van der Waals surface area contributed by atoms with Crippen molar-refractivity contribution >= 4 is 32.8 Å². The van der Waals surface area contributed by atoms with Gasteiger partial charge in [-0.3, -0.25) is 0 Å². The van der Waals surface area contributed by atoms with Crippen molar-refractivity contribution in [3.05, 3.63) is 151 Å². The van der Waals surface area contributed by atoms with Crippen molar-refractivity contribution in [2.45, 2.75) is 19.3 Å². The summed E-state index contributed by atoms with van der Waals surface area (Å²) in [6.07, 6.45) is 0. The number of aromatic nitrogens is 1. The largest absolute Gasteiger partial charge is 0.456 e. The number of fused-ring (bicyclic) bond motifs is 7. The Morgan fingerprint density at radius 3 is 2.09 bits per heavy atom. The molecule has 0 saturated carbocycles. The van der Waals surface area contributed by atoms with Gasteiger partial charge < -0.3 is 4.42 Å². The molecule has 8 aromatic rings. The van der Waals surface area contributed by atoms with Gasteiger partial charge in [0.25, 0.3) is 0 Å². The Labute approximate surface area is 256 Å². The molecule has 1 aliphatic carbocycles. The first-order valence-corrected chi connectivity index (χ1v) is 15.2. The molecule has 0 amide bonds. The van der Waals surface area contributed by atoms with E-state index in [1.165, 1.54) is 38.9 Å². The molecule has 208 valence electrons. The Morgan fingerprint density at radius 1 is 0.477 bits per heavy atom. The Morgan fingerprint density at radius 2 is 1.20 bits per heavy atom. The molecule has 2 nitrogen and oxygen atoms in total. The third-order valence-corrected chi connectivity index (χ3v) is 9.47. The number of hydrogen-bond acceptors (Lipinski definition) is 2. The molecular formula is C42H29NO. The second kappa shape index (κ2) is 9.26. The Hall–Kier alpha value is -5.47. The lowest BCUT2D eigenvalue weighted by Gasteiger charge is -2.22. The highest BCUT2D eigenvalue weighted by Crippen LogP contribution is 2.50. The molecule has 0 fully saturated rings. The van der Waals surface area contributed by atoms with Crippen molar-refractivity contribution in [2.24, 2.45) is 0 Å². The molecule has 44 heavy (non-hydrogen) atoms. The maximum atomic E-state index is 6.54. The van der Waals surface area contributed by atoms with Gasteiger partial charge in [-0.2, -0.15) is 0 Å². The van der Waals surface area contributed by atoms with E-state index in [1.807, 2.05) is 6.07 Å². The molecule has 6 aromatic carbocycles. The van der Waals surface area contributed by atoms with E-state index >= 15 is 0 Å². The average molecular weight is 564 g/mol. The first kappa shape index (κ1) is 25.1. The van der Waals surface area contributed by atoms with E-state index in [4.69, 9.17) is 9.40 Å². The summed E-state index contributed by atoms with van der Waals surface area (Å²) in [7, 11) is 0. The fourth-order valence-electron chi connectivity index (χ4n) is 7.28. The Balaban J connectivity index is 1.32. The zero-order valence-corrected chi connectivity index (χ0v) is 24.6. The highest BCUT2D eigenvalue weighted by atomic mass is 16.3. The van der Waals surface area contributed by atoms with Crippen LogP contribution < -0.4 is 0 Å². The lowest BCUT2D eigenvalue weighted by molar-refractivity contribution is 0.660. The summed E-state index contributed by atoms with van der Waals surface area (Å²) in [4.78, 5) is 5.19. The summed E-state index contributed by atoms with van der Waals surface area (Å²) >= 11 is 0. The summed E-state index contributed by atoms with van der Waals surface area (Å²) in [5, 5.41) is 3.41. The average Bonchev–Trinajstić information content (AvgIpc) is 3.56. The van der Waals surface area contributed by atoms with E-state index in [0.717, 1.165) is 49.7 Å². The van der Waals surface area contributed by atoms with E-state index in [2.05, 4.69) is 147 Å². The standard InChI is InChI=1S/C42H29NO/c1-42(2)35-17-9-6-14-29(35)30-21-20-27(23-36(30)42)34-22-28(24-40-41(34)32-16-8-11-19-39(32)44-40)38-25-33(26-12-4-3-5-13-26)31-15-7-10-18-37(31)43-38/h3-25H,1-2H3. The van der Waals surface area contributed by atoms with Crippen molar-refractivity contribution in [2.75, 3.05) is 0 Å². The van der Waals surface area contributed by atoms with Crippen LogP contribution in [0.25, 0.3) is 77.5 Å². The maximum Gasteiger partial charge on any atom is 0.136 e. The number of furan rings is 1. The SMILES string of the molecule is CC1(C)c2ccccc2-c2ccc(-c3cc(-c4cc(-c5ccccc5)c5ccccc5n4)cc4oc5ccccc5c34)cc21. The summed E-state index contributed by atoms with van der Waals surface area (Å²) in [6.45, 7) is 4.68. The summed E-state index contributed by atoms with van der Waals surface area (Å²) < 4.78 is 6.54. The zero-order chi connectivity index (χ0) is 29.4. The number of rotatable bonds is 3. The van der Waals surface area contributed by atoms with Gasteiger partial charge in [-0.25, -0.2) is 4.98 Å². The molecular weight excluding hydrogens is 534 g/mol. The molecule has 0 aliphatic heterocycles. The molecule has 0 radical (unpaired) electrons. The normalized spacial score (nSPS) is 13.4. The number of pyridine rings is 1. The molecule has 0 unspecified atom stereocenters. The monoisotopic (exact) mass is 563 g/mol. The number of nitrogens with zero attached hydrogens (tertiary/aromatic N) is 1. The quantitative estimate of drug-likeness (QED) is 0.214. The van der Waals surface area contributed by atoms with Crippen molar-refractivity contribution in [1.29, 1.82) is 0 Å². The fourth-order valence-corrected chi connectivity index (χ4v) is 7.28. The predicted molar refractivity (Wildman–Crippen MR) is 183 cm³/mol. The molecule has 0 bridgehead atoms. The van der Waals surface area contributed by atoms with Crippen LogP contribution >= 0.6 is 0 Å². The van der Waals surface area contributed by atoms with Crippen LogP contribution in [0.15, 0.2) is 144 Å². The lowest BCUT2D eigenvalue weighted by Crippen LogP contribution is -2.14. The highest BCUT2D eigenvalue weighted by molar-refractivity contribution is 6.14. The fraction of sp³-hybridized carbons (Fsp3) is 0.0714. The van der Waals surface area contributed by atoms with Crippen LogP contribution in [0.2, 0.25) is 0 Å². The number of benzene rings is 6.